The summed E-state index contributed by atoms with van der Waals surface area (Å²) in [4.78, 5) is 6.81. The van der Waals surface area contributed by atoms with Gasteiger partial charge in [0.2, 0.25) is 0 Å². The molecule has 1 saturated heterocycles. The van der Waals surface area contributed by atoms with Crippen molar-refractivity contribution in [3.63, 3.8) is 0 Å². The molecule has 0 aromatic rings. The van der Waals surface area contributed by atoms with Crippen LogP contribution in [-0.2, 0) is 0 Å². The van der Waals surface area contributed by atoms with E-state index in [1.54, 1.807) is 0 Å². The topological polar surface area (TPSA) is 41.6 Å². The smallest absolute Gasteiger partial charge is 0.191 e. The highest BCUT2D eigenvalue weighted by atomic mass is 32.2. The Hall–Kier alpha value is -0.380. The molecule has 0 radical (unpaired) electrons. The maximum absolute atomic E-state index is 6.06. The van der Waals surface area contributed by atoms with E-state index in [0.717, 1.165) is 37.4 Å². The summed E-state index contributed by atoms with van der Waals surface area (Å²) in [7, 11) is 0. The van der Waals surface area contributed by atoms with E-state index in [0.29, 0.717) is 0 Å². The van der Waals surface area contributed by atoms with E-state index < -0.39 is 0 Å². The van der Waals surface area contributed by atoms with Gasteiger partial charge < -0.3 is 10.6 Å². The number of hydrogen-bond donors (Lipinski definition) is 1. The van der Waals surface area contributed by atoms with Gasteiger partial charge in [-0.05, 0) is 24.7 Å². The first-order chi connectivity index (χ1) is 8.75. The number of guanidine groups is 1. The Kier molecular flexibility index (Phi) is 5.67. The van der Waals surface area contributed by atoms with Gasteiger partial charge in [-0.3, -0.25) is 4.99 Å². The van der Waals surface area contributed by atoms with Gasteiger partial charge in [0.25, 0.3) is 0 Å². The Morgan fingerprint density at radius 1 is 1.33 bits per heavy atom. The van der Waals surface area contributed by atoms with Crippen LogP contribution in [0.4, 0.5) is 0 Å². The van der Waals surface area contributed by atoms with Gasteiger partial charge in [0.15, 0.2) is 5.96 Å². The van der Waals surface area contributed by atoms with Crippen molar-refractivity contribution < 1.29 is 0 Å². The van der Waals surface area contributed by atoms with E-state index in [1.165, 1.54) is 43.6 Å². The fraction of sp³-hybridized carbons (Fsp3) is 0.929. The molecule has 0 aromatic heterocycles. The number of nitrogens with two attached hydrogens (primary N) is 1. The lowest BCUT2D eigenvalue weighted by atomic mass is 9.81. The van der Waals surface area contributed by atoms with Crippen LogP contribution in [0.15, 0.2) is 4.99 Å². The summed E-state index contributed by atoms with van der Waals surface area (Å²) in [6, 6.07) is 0. The van der Waals surface area contributed by atoms with Crippen molar-refractivity contribution in [3.8, 4) is 0 Å². The summed E-state index contributed by atoms with van der Waals surface area (Å²) in [6.45, 7) is 5.45. The predicted molar refractivity (Wildman–Crippen MR) is 81.1 cm³/mol. The highest BCUT2D eigenvalue weighted by Crippen LogP contribution is 2.30. The number of aliphatic imine (C=N–C) groups is 1. The normalized spacial score (nSPS) is 30.5. The molecule has 1 aliphatic carbocycles. The molecular formula is C14H27N3S. The quantitative estimate of drug-likeness (QED) is 0.632. The van der Waals surface area contributed by atoms with Crippen LogP contribution in [0.25, 0.3) is 0 Å². The number of rotatable bonds is 3. The van der Waals surface area contributed by atoms with Crippen LogP contribution < -0.4 is 5.73 Å². The largest absolute Gasteiger partial charge is 0.370 e. The Morgan fingerprint density at radius 2 is 2.11 bits per heavy atom. The van der Waals surface area contributed by atoms with Crippen molar-refractivity contribution in [3.05, 3.63) is 0 Å². The Bertz CT molecular complexity index is 274. The molecule has 0 bridgehead atoms. The van der Waals surface area contributed by atoms with Gasteiger partial charge in [0, 0.05) is 31.1 Å². The minimum Gasteiger partial charge on any atom is -0.370 e. The second-order valence-corrected chi connectivity index (χ2v) is 6.99. The van der Waals surface area contributed by atoms with Gasteiger partial charge in [0.05, 0.1) is 0 Å². The first kappa shape index (κ1) is 14.0. The first-order valence-corrected chi connectivity index (χ1v) is 8.54. The second kappa shape index (κ2) is 7.27. The lowest BCUT2D eigenvalue weighted by Gasteiger charge is -2.28. The summed E-state index contributed by atoms with van der Waals surface area (Å²) in [5.74, 6) is 4.97. The van der Waals surface area contributed by atoms with E-state index in [2.05, 4.69) is 16.8 Å². The molecule has 2 atom stereocenters. The second-order valence-electron chi connectivity index (χ2n) is 5.77. The van der Waals surface area contributed by atoms with Gasteiger partial charge in [-0.25, -0.2) is 0 Å². The first-order valence-electron chi connectivity index (χ1n) is 7.38. The summed E-state index contributed by atoms with van der Waals surface area (Å²) >= 11 is 2.01. The van der Waals surface area contributed by atoms with Crippen molar-refractivity contribution >= 4 is 17.7 Å². The summed E-state index contributed by atoms with van der Waals surface area (Å²) in [5, 5.41) is 0. The van der Waals surface area contributed by atoms with Crippen molar-refractivity contribution in [2.45, 2.75) is 39.0 Å². The molecule has 0 spiro atoms. The average molecular weight is 269 g/mol. The zero-order valence-electron chi connectivity index (χ0n) is 11.6. The molecule has 1 saturated carbocycles. The fourth-order valence-corrected chi connectivity index (χ4v) is 3.98. The van der Waals surface area contributed by atoms with Crippen LogP contribution in [0.5, 0.6) is 0 Å². The van der Waals surface area contributed by atoms with Crippen molar-refractivity contribution in [2.75, 3.05) is 31.1 Å². The third-order valence-electron chi connectivity index (χ3n) is 4.19. The molecular weight excluding hydrogens is 242 g/mol. The molecule has 1 heterocycles. The van der Waals surface area contributed by atoms with E-state index in [4.69, 9.17) is 5.73 Å². The van der Waals surface area contributed by atoms with Crippen LogP contribution >= 0.6 is 11.8 Å². The van der Waals surface area contributed by atoms with E-state index in [9.17, 15) is 0 Å². The molecule has 2 aliphatic rings. The van der Waals surface area contributed by atoms with Gasteiger partial charge in [-0.2, -0.15) is 11.8 Å². The minimum absolute atomic E-state index is 0.777. The molecule has 0 amide bonds. The van der Waals surface area contributed by atoms with Crippen LogP contribution in [0, 0.1) is 11.8 Å². The third kappa shape index (κ3) is 4.38. The highest BCUT2D eigenvalue weighted by molar-refractivity contribution is 7.99. The number of nitrogens with zero attached hydrogens (tertiary/aromatic N) is 2. The lowest BCUT2D eigenvalue weighted by Crippen LogP contribution is -2.42. The SMILES string of the molecule is CC1CCCC(CCN=C(N)N2CCSCC2)C1. The molecule has 2 unspecified atom stereocenters. The zero-order chi connectivity index (χ0) is 12.8. The maximum atomic E-state index is 6.06. The Labute approximate surface area is 116 Å². The van der Waals surface area contributed by atoms with Gasteiger partial charge in [0.1, 0.15) is 0 Å². The minimum atomic E-state index is 0.777. The summed E-state index contributed by atoms with van der Waals surface area (Å²) in [5.41, 5.74) is 6.06. The van der Waals surface area contributed by atoms with E-state index >= 15 is 0 Å². The summed E-state index contributed by atoms with van der Waals surface area (Å²) in [6.07, 6.45) is 6.87. The third-order valence-corrected chi connectivity index (χ3v) is 5.13. The number of thioether (sulfide) groups is 1. The highest BCUT2D eigenvalue weighted by Gasteiger charge is 2.18. The number of hydrogen-bond acceptors (Lipinski definition) is 2. The Morgan fingerprint density at radius 3 is 2.83 bits per heavy atom. The molecule has 3 nitrogen and oxygen atoms in total. The summed E-state index contributed by atoms with van der Waals surface area (Å²) < 4.78 is 0. The standard InChI is InChI=1S/C14H27N3S/c1-12-3-2-4-13(11-12)5-6-16-14(15)17-7-9-18-10-8-17/h12-13H,2-11H2,1H3,(H2,15,16). The van der Waals surface area contributed by atoms with Gasteiger partial charge in [-0.15, -0.1) is 0 Å². The fourth-order valence-electron chi connectivity index (χ4n) is 3.08. The molecule has 0 aromatic carbocycles. The van der Waals surface area contributed by atoms with E-state index in [-0.39, 0.29) is 0 Å². The lowest BCUT2D eigenvalue weighted by molar-refractivity contribution is 0.272. The Balaban J connectivity index is 1.69. The molecule has 18 heavy (non-hydrogen) atoms. The van der Waals surface area contributed by atoms with Crippen LogP contribution in [0.2, 0.25) is 0 Å². The molecule has 2 N–H and O–H groups in total. The zero-order valence-corrected chi connectivity index (χ0v) is 12.4. The molecule has 4 heteroatoms. The monoisotopic (exact) mass is 269 g/mol. The van der Waals surface area contributed by atoms with Gasteiger partial charge in [-0.1, -0.05) is 26.2 Å². The average Bonchev–Trinajstić information content (AvgIpc) is 2.40. The van der Waals surface area contributed by atoms with Crippen molar-refractivity contribution in [1.29, 1.82) is 0 Å². The van der Waals surface area contributed by atoms with E-state index in [1.807, 2.05) is 11.8 Å². The maximum Gasteiger partial charge on any atom is 0.191 e. The van der Waals surface area contributed by atoms with Gasteiger partial charge >= 0.3 is 0 Å². The molecule has 2 fully saturated rings. The van der Waals surface area contributed by atoms with Crippen molar-refractivity contribution in [2.24, 2.45) is 22.6 Å². The molecule has 104 valence electrons. The van der Waals surface area contributed by atoms with Crippen LogP contribution in [0.1, 0.15) is 39.0 Å². The van der Waals surface area contributed by atoms with Crippen LogP contribution in [-0.4, -0.2) is 42.0 Å². The molecule has 2 rings (SSSR count). The molecule has 1 aliphatic heterocycles. The van der Waals surface area contributed by atoms with Crippen molar-refractivity contribution in [1.82, 2.24) is 4.90 Å². The predicted octanol–water partition coefficient (Wildman–Crippen LogP) is 2.57. The van der Waals surface area contributed by atoms with Crippen LogP contribution in [0.3, 0.4) is 0 Å².